The Morgan fingerprint density at radius 2 is 1.94 bits per heavy atom. The molecule has 0 aliphatic carbocycles. The fourth-order valence-electron chi connectivity index (χ4n) is 1.27. The molecule has 0 bridgehead atoms. The third kappa shape index (κ3) is 4.03. The van der Waals surface area contributed by atoms with Crippen molar-refractivity contribution in [3.05, 3.63) is 27.1 Å². The van der Waals surface area contributed by atoms with Crippen LogP contribution in [-0.4, -0.2) is 26.2 Å². The topological polar surface area (TPSA) is 66.4 Å². The van der Waals surface area contributed by atoms with Crippen molar-refractivity contribution in [1.82, 2.24) is 4.72 Å². The lowest BCUT2D eigenvalue weighted by atomic mass is 10.1. The minimum atomic E-state index is -3.61. The molecule has 0 aliphatic heterocycles. The van der Waals surface area contributed by atoms with Crippen LogP contribution in [0.25, 0.3) is 0 Å². The molecule has 0 aromatic heterocycles. The lowest BCUT2D eigenvalue weighted by molar-refractivity contribution is 0.216. The molecule has 0 spiro atoms. The molecule has 0 heterocycles. The van der Waals surface area contributed by atoms with Gasteiger partial charge in [-0.05, 0) is 47.0 Å². The Hall–Kier alpha value is 0.0500. The number of sulfonamides is 1. The first-order valence-electron chi connectivity index (χ1n) is 5.36. The maximum atomic E-state index is 12.2. The van der Waals surface area contributed by atoms with E-state index in [1.54, 1.807) is 26.0 Å². The quantitative estimate of drug-likeness (QED) is 0.797. The molecule has 1 aromatic rings. The SMILES string of the molecule is CC(CO)C(C)NS(=O)(=O)c1cc(Br)ccc1Br. The minimum Gasteiger partial charge on any atom is -0.396 e. The molecule has 7 heteroatoms. The van der Waals surface area contributed by atoms with Gasteiger partial charge in [0.1, 0.15) is 0 Å². The standard InChI is InChI=1S/C11H15Br2NO3S/c1-7(6-15)8(2)14-18(16,17)11-5-9(12)3-4-10(11)13/h3-5,7-8,14-15H,6H2,1-2H3. The normalized spacial score (nSPS) is 15.4. The number of rotatable bonds is 5. The molecule has 0 aliphatic rings. The molecule has 2 N–H and O–H groups in total. The van der Waals surface area contributed by atoms with Gasteiger partial charge in [0.05, 0.1) is 4.90 Å². The Morgan fingerprint density at radius 3 is 2.50 bits per heavy atom. The summed E-state index contributed by atoms with van der Waals surface area (Å²) in [5.41, 5.74) is 0. The Kier molecular flexibility index (Phi) is 5.79. The van der Waals surface area contributed by atoms with Crippen molar-refractivity contribution in [1.29, 1.82) is 0 Å². The number of hydrogen-bond donors (Lipinski definition) is 2. The zero-order chi connectivity index (χ0) is 13.9. The lowest BCUT2D eigenvalue weighted by Crippen LogP contribution is -2.38. The summed E-state index contributed by atoms with van der Waals surface area (Å²) in [6.45, 7) is 3.44. The number of aliphatic hydroxyl groups excluding tert-OH is 1. The van der Waals surface area contributed by atoms with Crippen LogP contribution < -0.4 is 4.72 Å². The fraction of sp³-hybridized carbons (Fsp3) is 0.455. The van der Waals surface area contributed by atoms with Crippen molar-refractivity contribution >= 4 is 41.9 Å². The van der Waals surface area contributed by atoms with E-state index in [2.05, 4.69) is 36.6 Å². The van der Waals surface area contributed by atoms with Crippen LogP contribution in [0.2, 0.25) is 0 Å². The van der Waals surface area contributed by atoms with Crippen molar-refractivity contribution in [2.75, 3.05) is 6.61 Å². The summed E-state index contributed by atoms with van der Waals surface area (Å²) in [4.78, 5) is 0.175. The van der Waals surface area contributed by atoms with E-state index in [-0.39, 0.29) is 23.5 Å². The van der Waals surface area contributed by atoms with Gasteiger partial charge in [-0.2, -0.15) is 0 Å². The molecule has 2 atom stereocenters. The predicted octanol–water partition coefficient (Wildman–Crippen LogP) is 2.51. The van der Waals surface area contributed by atoms with E-state index in [4.69, 9.17) is 5.11 Å². The molecule has 0 radical (unpaired) electrons. The van der Waals surface area contributed by atoms with Crippen molar-refractivity contribution < 1.29 is 13.5 Å². The summed E-state index contributed by atoms with van der Waals surface area (Å²) in [7, 11) is -3.61. The highest BCUT2D eigenvalue weighted by molar-refractivity contribution is 9.11. The van der Waals surface area contributed by atoms with Gasteiger partial charge in [0.2, 0.25) is 10.0 Å². The smallest absolute Gasteiger partial charge is 0.241 e. The summed E-state index contributed by atoms with van der Waals surface area (Å²) >= 11 is 6.47. The summed E-state index contributed by atoms with van der Waals surface area (Å²) in [6, 6.07) is 4.61. The second-order valence-electron chi connectivity index (χ2n) is 4.14. The van der Waals surface area contributed by atoms with Crippen LogP contribution in [0.1, 0.15) is 13.8 Å². The van der Waals surface area contributed by atoms with Crippen molar-refractivity contribution in [2.45, 2.75) is 24.8 Å². The van der Waals surface area contributed by atoms with Crippen LogP contribution in [0.5, 0.6) is 0 Å². The maximum absolute atomic E-state index is 12.2. The Bertz CT molecular complexity index is 519. The maximum Gasteiger partial charge on any atom is 0.241 e. The first-order chi connectivity index (χ1) is 8.27. The first-order valence-corrected chi connectivity index (χ1v) is 8.43. The molecule has 0 saturated heterocycles. The minimum absolute atomic E-state index is 0.0661. The molecular weight excluding hydrogens is 386 g/mol. The van der Waals surface area contributed by atoms with E-state index in [1.165, 1.54) is 6.07 Å². The Labute approximate surface area is 124 Å². The number of halogens is 2. The van der Waals surface area contributed by atoms with E-state index in [9.17, 15) is 8.42 Å². The molecule has 1 aromatic carbocycles. The van der Waals surface area contributed by atoms with Crippen LogP contribution in [0.3, 0.4) is 0 Å². The van der Waals surface area contributed by atoms with E-state index < -0.39 is 10.0 Å². The van der Waals surface area contributed by atoms with Crippen molar-refractivity contribution in [3.63, 3.8) is 0 Å². The zero-order valence-corrected chi connectivity index (χ0v) is 14.0. The summed E-state index contributed by atoms with van der Waals surface area (Å²) < 4.78 is 28.1. The van der Waals surface area contributed by atoms with Crippen LogP contribution in [-0.2, 0) is 10.0 Å². The van der Waals surface area contributed by atoms with Crippen LogP contribution in [0, 0.1) is 5.92 Å². The summed E-state index contributed by atoms with van der Waals surface area (Å²) in [6.07, 6.45) is 0. The van der Waals surface area contributed by atoms with Gasteiger partial charge in [0.15, 0.2) is 0 Å². The largest absolute Gasteiger partial charge is 0.396 e. The molecule has 0 amide bonds. The number of nitrogens with one attached hydrogen (secondary N) is 1. The Balaban J connectivity index is 3.03. The van der Waals surface area contributed by atoms with Crippen LogP contribution in [0.15, 0.2) is 32.0 Å². The Morgan fingerprint density at radius 1 is 1.33 bits per heavy atom. The third-order valence-electron chi connectivity index (χ3n) is 2.67. The molecule has 0 fully saturated rings. The third-order valence-corrected chi connectivity index (χ3v) is 5.71. The van der Waals surface area contributed by atoms with Crippen LogP contribution in [0.4, 0.5) is 0 Å². The van der Waals surface area contributed by atoms with Crippen molar-refractivity contribution in [3.8, 4) is 0 Å². The average molecular weight is 401 g/mol. The molecule has 0 saturated carbocycles. The van der Waals surface area contributed by atoms with Gasteiger partial charge in [-0.25, -0.2) is 13.1 Å². The van der Waals surface area contributed by atoms with Gasteiger partial charge < -0.3 is 5.11 Å². The van der Waals surface area contributed by atoms with Gasteiger partial charge in [-0.1, -0.05) is 22.9 Å². The van der Waals surface area contributed by atoms with E-state index in [0.717, 1.165) is 0 Å². The van der Waals surface area contributed by atoms with E-state index in [1.807, 2.05) is 0 Å². The molecule has 18 heavy (non-hydrogen) atoms. The first kappa shape index (κ1) is 16.1. The van der Waals surface area contributed by atoms with Gasteiger partial charge in [0, 0.05) is 21.6 Å². The molecule has 102 valence electrons. The highest BCUT2D eigenvalue weighted by atomic mass is 79.9. The molecule has 4 nitrogen and oxygen atoms in total. The summed E-state index contributed by atoms with van der Waals surface area (Å²) in [5, 5.41) is 9.02. The predicted molar refractivity (Wildman–Crippen MR) is 77.9 cm³/mol. The fourth-order valence-corrected chi connectivity index (χ4v) is 4.12. The number of hydrogen-bond acceptors (Lipinski definition) is 3. The number of aliphatic hydroxyl groups is 1. The highest BCUT2D eigenvalue weighted by Crippen LogP contribution is 2.26. The second-order valence-corrected chi connectivity index (χ2v) is 7.60. The summed E-state index contributed by atoms with van der Waals surface area (Å²) in [5.74, 6) is -0.147. The second kappa shape index (κ2) is 6.47. The van der Waals surface area contributed by atoms with Gasteiger partial charge in [-0.3, -0.25) is 0 Å². The van der Waals surface area contributed by atoms with Gasteiger partial charge in [-0.15, -0.1) is 0 Å². The van der Waals surface area contributed by atoms with Gasteiger partial charge >= 0.3 is 0 Å². The highest BCUT2D eigenvalue weighted by Gasteiger charge is 2.23. The van der Waals surface area contributed by atoms with Crippen molar-refractivity contribution in [2.24, 2.45) is 5.92 Å². The van der Waals surface area contributed by atoms with Crippen LogP contribution >= 0.6 is 31.9 Å². The van der Waals surface area contributed by atoms with Gasteiger partial charge in [0.25, 0.3) is 0 Å². The number of benzene rings is 1. The lowest BCUT2D eigenvalue weighted by Gasteiger charge is -2.19. The van der Waals surface area contributed by atoms with E-state index >= 15 is 0 Å². The molecule has 1 rings (SSSR count). The molecule has 2 unspecified atom stereocenters. The average Bonchev–Trinajstić information content (AvgIpc) is 2.30. The zero-order valence-electron chi connectivity index (χ0n) is 10.0. The molecular formula is C11H15Br2NO3S. The monoisotopic (exact) mass is 399 g/mol. The van der Waals surface area contributed by atoms with E-state index in [0.29, 0.717) is 8.95 Å².